The van der Waals surface area contributed by atoms with Gasteiger partial charge in [0.1, 0.15) is 5.60 Å². The summed E-state index contributed by atoms with van der Waals surface area (Å²) < 4.78 is 5.43. The number of amides is 1. The molecular weight excluding hydrogens is 228 g/mol. The van der Waals surface area contributed by atoms with Gasteiger partial charge in [0.15, 0.2) is 0 Å². The number of likely N-dealkylation sites (tertiary alicyclic amines) is 1. The molecule has 0 aromatic carbocycles. The second-order valence-electron chi connectivity index (χ2n) is 5.59. The van der Waals surface area contributed by atoms with E-state index < -0.39 is 5.60 Å². The molecule has 1 saturated heterocycles. The van der Waals surface area contributed by atoms with Gasteiger partial charge in [-0.3, -0.25) is 9.88 Å². The molecule has 18 heavy (non-hydrogen) atoms. The average molecular weight is 248 g/mol. The van der Waals surface area contributed by atoms with Gasteiger partial charge in [-0.1, -0.05) is 6.07 Å². The number of carbonyl (C=O) groups excluding carboxylic acids is 1. The molecule has 1 aliphatic heterocycles. The van der Waals surface area contributed by atoms with Crippen molar-refractivity contribution in [3.05, 3.63) is 30.1 Å². The molecule has 4 heteroatoms. The number of nitrogens with zero attached hydrogens (tertiary/aromatic N) is 2. The van der Waals surface area contributed by atoms with Crippen molar-refractivity contribution in [2.45, 2.75) is 45.3 Å². The highest BCUT2D eigenvalue weighted by Crippen LogP contribution is 2.31. The molecule has 0 N–H and O–H groups in total. The second-order valence-corrected chi connectivity index (χ2v) is 5.59. The fourth-order valence-corrected chi connectivity index (χ4v) is 2.19. The van der Waals surface area contributed by atoms with Crippen LogP contribution in [-0.4, -0.2) is 28.1 Å². The van der Waals surface area contributed by atoms with Gasteiger partial charge in [0.05, 0.1) is 11.7 Å². The van der Waals surface area contributed by atoms with Gasteiger partial charge >= 0.3 is 6.09 Å². The molecule has 2 rings (SSSR count). The monoisotopic (exact) mass is 248 g/mol. The lowest BCUT2D eigenvalue weighted by Crippen LogP contribution is -2.36. The van der Waals surface area contributed by atoms with Crippen LogP contribution in [0.2, 0.25) is 0 Å². The first-order valence-corrected chi connectivity index (χ1v) is 6.38. The van der Waals surface area contributed by atoms with E-state index in [0.29, 0.717) is 0 Å². The van der Waals surface area contributed by atoms with Crippen LogP contribution in [0.25, 0.3) is 0 Å². The summed E-state index contributed by atoms with van der Waals surface area (Å²) in [5.41, 5.74) is 0.495. The summed E-state index contributed by atoms with van der Waals surface area (Å²) >= 11 is 0. The van der Waals surface area contributed by atoms with E-state index in [1.54, 1.807) is 11.1 Å². The van der Waals surface area contributed by atoms with Gasteiger partial charge in [-0.15, -0.1) is 0 Å². The fourth-order valence-electron chi connectivity index (χ4n) is 2.19. The Balaban J connectivity index is 2.11. The minimum Gasteiger partial charge on any atom is -0.444 e. The standard InChI is InChI=1S/C14H20N2O2/c1-14(2,3)18-13(17)16-10-6-8-12(16)11-7-4-5-9-15-11/h4-5,7,9,12H,6,8,10H2,1-3H3. The summed E-state index contributed by atoms with van der Waals surface area (Å²) in [7, 11) is 0. The van der Waals surface area contributed by atoms with Crippen molar-refractivity contribution in [2.24, 2.45) is 0 Å². The maximum absolute atomic E-state index is 12.1. The Hall–Kier alpha value is -1.58. The van der Waals surface area contributed by atoms with Crippen LogP contribution in [0.1, 0.15) is 45.3 Å². The topological polar surface area (TPSA) is 42.4 Å². The first-order chi connectivity index (χ1) is 8.47. The second kappa shape index (κ2) is 4.96. The smallest absolute Gasteiger partial charge is 0.410 e. The number of ether oxygens (including phenoxy) is 1. The van der Waals surface area contributed by atoms with E-state index in [4.69, 9.17) is 4.74 Å². The molecule has 1 fully saturated rings. The minimum absolute atomic E-state index is 0.0565. The highest BCUT2D eigenvalue weighted by molar-refractivity contribution is 5.69. The molecule has 0 saturated carbocycles. The Bertz CT molecular complexity index is 412. The molecule has 1 atom stereocenters. The van der Waals surface area contributed by atoms with E-state index in [9.17, 15) is 4.79 Å². The molecule has 0 radical (unpaired) electrons. The molecular formula is C14H20N2O2. The van der Waals surface area contributed by atoms with Crippen molar-refractivity contribution < 1.29 is 9.53 Å². The van der Waals surface area contributed by atoms with Crippen molar-refractivity contribution in [1.82, 2.24) is 9.88 Å². The van der Waals surface area contributed by atoms with Gasteiger partial charge in [0.25, 0.3) is 0 Å². The third kappa shape index (κ3) is 3.00. The lowest BCUT2D eigenvalue weighted by Gasteiger charge is -2.28. The molecule has 0 spiro atoms. The van der Waals surface area contributed by atoms with Gasteiger partial charge in [0, 0.05) is 12.7 Å². The number of rotatable bonds is 1. The van der Waals surface area contributed by atoms with Gasteiger partial charge in [-0.2, -0.15) is 0 Å². The lowest BCUT2D eigenvalue weighted by molar-refractivity contribution is 0.0221. The lowest BCUT2D eigenvalue weighted by atomic mass is 10.1. The molecule has 1 aromatic heterocycles. The first kappa shape index (κ1) is 12.9. The summed E-state index contributed by atoms with van der Waals surface area (Å²) in [4.78, 5) is 18.2. The van der Waals surface area contributed by atoms with E-state index >= 15 is 0 Å². The molecule has 98 valence electrons. The summed E-state index contributed by atoms with van der Waals surface area (Å²) in [5.74, 6) is 0. The van der Waals surface area contributed by atoms with Crippen LogP contribution in [0.3, 0.4) is 0 Å². The first-order valence-electron chi connectivity index (χ1n) is 6.38. The van der Waals surface area contributed by atoms with Gasteiger partial charge < -0.3 is 4.74 Å². The zero-order chi connectivity index (χ0) is 13.2. The average Bonchev–Trinajstić information content (AvgIpc) is 2.76. The fraction of sp³-hybridized carbons (Fsp3) is 0.571. The van der Waals surface area contributed by atoms with E-state index in [2.05, 4.69) is 4.98 Å². The Morgan fingerprint density at radius 3 is 2.83 bits per heavy atom. The number of carbonyl (C=O) groups is 1. The van der Waals surface area contributed by atoms with E-state index in [0.717, 1.165) is 25.1 Å². The Morgan fingerprint density at radius 2 is 2.22 bits per heavy atom. The van der Waals surface area contributed by atoms with Gasteiger partial charge in [0.2, 0.25) is 0 Å². The van der Waals surface area contributed by atoms with E-state index in [1.807, 2.05) is 39.0 Å². The van der Waals surface area contributed by atoms with Crippen LogP contribution >= 0.6 is 0 Å². The predicted molar refractivity (Wildman–Crippen MR) is 69.2 cm³/mol. The van der Waals surface area contributed by atoms with Crippen LogP contribution in [0.5, 0.6) is 0 Å². The Labute approximate surface area is 108 Å². The summed E-state index contributed by atoms with van der Waals surface area (Å²) in [6.45, 7) is 6.40. The highest BCUT2D eigenvalue weighted by atomic mass is 16.6. The van der Waals surface area contributed by atoms with E-state index in [1.165, 1.54) is 0 Å². The maximum Gasteiger partial charge on any atom is 0.410 e. The normalized spacial score (nSPS) is 19.9. The summed E-state index contributed by atoms with van der Waals surface area (Å²) in [5, 5.41) is 0. The van der Waals surface area contributed by atoms with Gasteiger partial charge in [-0.25, -0.2) is 4.79 Å². The minimum atomic E-state index is -0.450. The largest absolute Gasteiger partial charge is 0.444 e. The zero-order valence-corrected chi connectivity index (χ0v) is 11.2. The van der Waals surface area contributed by atoms with E-state index in [-0.39, 0.29) is 12.1 Å². The van der Waals surface area contributed by atoms with Crippen molar-refractivity contribution in [3.8, 4) is 0 Å². The molecule has 4 nitrogen and oxygen atoms in total. The summed E-state index contributed by atoms with van der Waals surface area (Å²) in [6, 6.07) is 5.86. The quantitative estimate of drug-likeness (QED) is 0.766. The zero-order valence-electron chi connectivity index (χ0n) is 11.2. The van der Waals surface area contributed by atoms with Crippen LogP contribution in [0, 0.1) is 0 Å². The highest BCUT2D eigenvalue weighted by Gasteiger charge is 2.33. The SMILES string of the molecule is CC(C)(C)OC(=O)N1CCCC1c1ccccn1. The van der Waals surface area contributed by atoms with Crippen LogP contribution in [0.4, 0.5) is 4.79 Å². The molecule has 0 bridgehead atoms. The Kier molecular flexibility index (Phi) is 3.55. The molecule has 1 unspecified atom stereocenters. The Morgan fingerprint density at radius 1 is 1.44 bits per heavy atom. The third-order valence-electron chi connectivity index (χ3n) is 2.91. The number of hydrogen-bond acceptors (Lipinski definition) is 3. The molecule has 1 aromatic rings. The molecule has 2 heterocycles. The van der Waals surface area contributed by atoms with Crippen LogP contribution in [0.15, 0.2) is 24.4 Å². The number of aromatic nitrogens is 1. The third-order valence-corrected chi connectivity index (χ3v) is 2.91. The molecule has 1 aliphatic rings. The van der Waals surface area contributed by atoms with Crippen LogP contribution < -0.4 is 0 Å². The van der Waals surface area contributed by atoms with Crippen molar-refractivity contribution in [1.29, 1.82) is 0 Å². The van der Waals surface area contributed by atoms with Gasteiger partial charge in [-0.05, 0) is 45.7 Å². The van der Waals surface area contributed by atoms with Crippen molar-refractivity contribution >= 4 is 6.09 Å². The molecule has 1 amide bonds. The predicted octanol–water partition coefficient (Wildman–Crippen LogP) is 3.15. The number of hydrogen-bond donors (Lipinski definition) is 0. The van der Waals surface area contributed by atoms with Crippen molar-refractivity contribution in [2.75, 3.05) is 6.54 Å². The van der Waals surface area contributed by atoms with Crippen molar-refractivity contribution in [3.63, 3.8) is 0 Å². The number of pyridine rings is 1. The van der Waals surface area contributed by atoms with Crippen LogP contribution in [-0.2, 0) is 4.74 Å². The summed E-state index contributed by atoms with van der Waals surface area (Å²) in [6.07, 6.45) is 3.48. The molecule has 0 aliphatic carbocycles. The maximum atomic E-state index is 12.1.